The number of benzene rings is 1. The van der Waals surface area contributed by atoms with Crippen LogP contribution in [0.2, 0.25) is 0 Å². The van der Waals surface area contributed by atoms with Crippen LogP contribution in [0, 0.1) is 17.2 Å². The predicted molar refractivity (Wildman–Crippen MR) is 118 cm³/mol. The number of carbonyl (C=O) groups is 2. The smallest absolute Gasteiger partial charge is 0.405 e. The van der Waals surface area contributed by atoms with Gasteiger partial charge in [0.05, 0.1) is 18.0 Å². The van der Waals surface area contributed by atoms with E-state index in [0.29, 0.717) is 31.5 Å². The van der Waals surface area contributed by atoms with E-state index in [1.165, 1.54) is 23.0 Å². The van der Waals surface area contributed by atoms with Gasteiger partial charge in [-0.2, -0.15) is 10.4 Å². The molecule has 2 heterocycles. The number of halogens is 3. The molecule has 1 aliphatic heterocycles. The number of amides is 2. The van der Waals surface area contributed by atoms with E-state index >= 15 is 0 Å². The predicted octanol–water partition coefficient (Wildman–Crippen LogP) is 3.13. The van der Waals surface area contributed by atoms with Crippen molar-refractivity contribution in [1.29, 1.82) is 5.26 Å². The maximum Gasteiger partial charge on any atom is 0.573 e. The fraction of sp³-hybridized carbons (Fsp3) is 0.478. The highest BCUT2D eigenvalue weighted by Crippen LogP contribution is 2.36. The Hall–Kier alpha value is -3.59. The highest BCUT2D eigenvalue weighted by atomic mass is 19.4. The molecular formula is C23H25F3N6O3. The van der Waals surface area contributed by atoms with E-state index in [4.69, 9.17) is 5.73 Å². The molecule has 1 aliphatic carbocycles. The van der Waals surface area contributed by atoms with Crippen LogP contribution in [0.15, 0.2) is 30.5 Å². The number of nitrogens with two attached hydrogens (primary N) is 1. The average molecular weight is 490 g/mol. The van der Waals surface area contributed by atoms with Gasteiger partial charge in [0, 0.05) is 37.3 Å². The number of rotatable bonds is 8. The van der Waals surface area contributed by atoms with E-state index < -0.39 is 17.8 Å². The number of primary amides is 1. The molecule has 2 fully saturated rings. The van der Waals surface area contributed by atoms with Gasteiger partial charge >= 0.3 is 6.36 Å². The van der Waals surface area contributed by atoms with Crippen molar-refractivity contribution in [2.75, 3.05) is 18.4 Å². The number of nitriles is 1. The summed E-state index contributed by atoms with van der Waals surface area (Å²) in [5.41, 5.74) is 5.22. The Morgan fingerprint density at radius 2 is 1.94 bits per heavy atom. The lowest BCUT2D eigenvalue weighted by Crippen LogP contribution is -2.46. The first kappa shape index (κ1) is 24.5. The number of anilines is 1. The first-order valence-corrected chi connectivity index (χ1v) is 11.2. The van der Waals surface area contributed by atoms with E-state index in [0.717, 1.165) is 12.8 Å². The number of aromatic nitrogens is 2. The van der Waals surface area contributed by atoms with Gasteiger partial charge < -0.3 is 15.8 Å². The third kappa shape index (κ3) is 5.74. The van der Waals surface area contributed by atoms with Gasteiger partial charge in [-0.05, 0) is 31.7 Å². The first-order chi connectivity index (χ1) is 16.6. The molecule has 12 heteroatoms. The molecular weight excluding hydrogens is 465 g/mol. The molecule has 2 amide bonds. The molecule has 0 bridgehead atoms. The number of carbonyl (C=O) groups excluding carboxylic acids is 2. The zero-order valence-electron chi connectivity index (χ0n) is 18.8. The van der Waals surface area contributed by atoms with Gasteiger partial charge in [-0.3, -0.25) is 19.2 Å². The highest BCUT2D eigenvalue weighted by molar-refractivity contribution is 6.02. The molecule has 2 aromatic rings. The lowest BCUT2D eigenvalue weighted by molar-refractivity contribution is -0.275. The van der Waals surface area contributed by atoms with Crippen LogP contribution in [0.3, 0.4) is 0 Å². The normalized spacial score (nSPS) is 18.0. The fourth-order valence-electron chi connectivity index (χ4n) is 4.31. The Bertz CT molecular complexity index is 1140. The molecule has 4 rings (SSSR count). The number of alkyl halides is 3. The third-order valence-electron chi connectivity index (χ3n) is 6.44. The van der Waals surface area contributed by atoms with Gasteiger partial charge in [-0.25, -0.2) is 0 Å². The summed E-state index contributed by atoms with van der Waals surface area (Å²) in [4.78, 5) is 26.2. The lowest BCUT2D eigenvalue weighted by atomic mass is 9.84. The summed E-state index contributed by atoms with van der Waals surface area (Å²) >= 11 is 0. The molecule has 0 spiro atoms. The minimum Gasteiger partial charge on any atom is -0.405 e. The summed E-state index contributed by atoms with van der Waals surface area (Å²) in [5.74, 6) is -1.23. The quantitative estimate of drug-likeness (QED) is 0.586. The Kier molecular flexibility index (Phi) is 6.71. The molecule has 186 valence electrons. The van der Waals surface area contributed by atoms with Gasteiger partial charge in [0.15, 0.2) is 5.82 Å². The first-order valence-electron chi connectivity index (χ1n) is 11.2. The van der Waals surface area contributed by atoms with Crippen molar-refractivity contribution >= 4 is 17.6 Å². The summed E-state index contributed by atoms with van der Waals surface area (Å²) < 4.78 is 44.0. The number of para-hydroxylation sites is 1. The number of piperidine rings is 1. The van der Waals surface area contributed by atoms with Gasteiger partial charge in [-0.15, -0.1) is 13.2 Å². The summed E-state index contributed by atoms with van der Waals surface area (Å²) in [6.45, 7) is 1.18. The van der Waals surface area contributed by atoms with Crippen molar-refractivity contribution in [3.8, 4) is 11.8 Å². The van der Waals surface area contributed by atoms with Gasteiger partial charge in [0.2, 0.25) is 5.91 Å². The zero-order chi connectivity index (χ0) is 25.2. The van der Waals surface area contributed by atoms with Crippen LogP contribution in [-0.2, 0) is 16.9 Å². The van der Waals surface area contributed by atoms with Crippen molar-refractivity contribution in [1.82, 2.24) is 14.7 Å². The largest absolute Gasteiger partial charge is 0.573 e. The second-order valence-electron chi connectivity index (χ2n) is 8.95. The Morgan fingerprint density at radius 1 is 1.26 bits per heavy atom. The van der Waals surface area contributed by atoms with Crippen LogP contribution in [0.4, 0.5) is 19.0 Å². The maximum atomic E-state index is 12.8. The molecule has 3 N–H and O–H groups in total. The molecule has 9 nitrogen and oxygen atoms in total. The van der Waals surface area contributed by atoms with E-state index in [1.807, 2.05) is 4.90 Å². The molecule has 0 atom stereocenters. The van der Waals surface area contributed by atoms with E-state index in [-0.39, 0.29) is 41.9 Å². The van der Waals surface area contributed by atoms with Gasteiger partial charge in [0.1, 0.15) is 11.3 Å². The van der Waals surface area contributed by atoms with Crippen LogP contribution in [0.25, 0.3) is 0 Å². The summed E-state index contributed by atoms with van der Waals surface area (Å²) in [5, 5.41) is 16.6. The summed E-state index contributed by atoms with van der Waals surface area (Å²) in [6.07, 6.45) is -0.745. The van der Waals surface area contributed by atoms with Crippen molar-refractivity contribution in [2.24, 2.45) is 11.7 Å². The monoisotopic (exact) mass is 490 g/mol. The average Bonchev–Trinajstić information content (AvgIpc) is 3.56. The summed E-state index contributed by atoms with van der Waals surface area (Å²) in [7, 11) is 0. The number of hydrogen-bond acceptors (Lipinski definition) is 6. The van der Waals surface area contributed by atoms with Crippen LogP contribution >= 0.6 is 0 Å². The Balaban J connectivity index is 1.51. The second-order valence-corrected chi connectivity index (χ2v) is 8.95. The van der Waals surface area contributed by atoms with Crippen molar-refractivity contribution in [3.05, 3.63) is 41.6 Å². The van der Waals surface area contributed by atoms with Crippen LogP contribution in [-0.4, -0.2) is 45.9 Å². The molecule has 35 heavy (non-hydrogen) atoms. The summed E-state index contributed by atoms with van der Waals surface area (Å²) in [6, 6.07) is 8.16. The van der Waals surface area contributed by atoms with E-state index in [1.54, 1.807) is 12.1 Å². The minimum absolute atomic E-state index is 0.0666. The third-order valence-corrected chi connectivity index (χ3v) is 6.44. The Labute approximate surface area is 199 Å². The topological polar surface area (TPSA) is 126 Å². The maximum absolute atomic E-state index is 12.8. The molecule has 0 radical (unpaired) electrons. The number of hydrogen-bond donors (Lipinski definition) is 2. The standard InChI is InChI=1S/C23H25F3N6O3/c24-23(25,26)35-18-4-2-1-3-16(18)13-31-11-8-22(7-10-27,9-12-31)32-14-17(19(28)33)20(30-32)29-21(34)15-5-6-15/h1-4,14-15H,5-9,11-13H2,(H2,28,33)(H,29,30,34). The van der Waals surface area contributed by atoms with Gasteiger partial charge in [0.25, 0.3) is 5.91 Å². The molecule has 1 aromatic carbocycles. The SMILES string of the molecule is N#CCC1(n2cc(C(N)=O)c(NC(=O)C3CC3)n2)CCN(Cc2ccccc2OC(F)(F)F)CC1. The minimum atomic E-state index is -4.79. The number of nitrogens with one attached hydrogen (secondary N) is 1. The van der Waals surface area contributed by atoms with Crippen LogP contribution in [0.1, 0.15) is 48.0 Å². The number of nitrogens with zero attached hydrogens (tertiary/aromatic N) is 4. The van der Waals surface area contributed by atoms with Crippen LogP contribution < -0.4 is 15.8 Å². The Morgan fingerprint density at radius 3 is 2.54 bits per heavy atom. The van der Waals surface area contributed by atoms with E-state index in [9.17, 15) is 28.0 Å². The molecule has 0 unspecified atom stereocenters. The van der Waals surface area contributed by atoms with Gasteiger partial charge in [-0.1, -0.05) is 18.2 Å². The molecule has 2 aliphatic rings. The molecule has 1 aromatic heterocycles. The molecule has 1 saturated heterocycles. The molecule has 1 saturated carbocycles. The lowest BCUT2D eigenvalue weighted by Gasteiger charge is -2.41. The van der Waals surface area contributed by atoms with Crippen molar-refractivity contribution < 1.29 is 27.5 Å². The fourth-order valence-corrected chi connectivity index (χ4v) is 4.31. The van der Waals surface area contributed by atoms with E-state index in [2.05, 4.69) is 21.2 Å². The number of likely N-dealkylation sites (tertiary alicyclic amines) is 1. The zero-order valence-corrected chi connectivity index (χ0v) is 18.8. The van der Waals surface area contributed by atoms with Crippen LogP contribution in [0.5, 0.6) is 5.75 Å². The highest BCUT2D eigenvalue weighted by Gasteiger charge is 2.39. The van der Waals surface area contributed by atoms with Crippen molar-refractivity contribution in [2.45, 2.75) is 50.6 Å². The second kappa shape index (κ2) is 9.58. The van der Waals surface area contributed by atoms with Crippen molar-refractivity contribution in [3.63, 3.8) is 0 Å². The number of ether oxygens (including phenoxy) is 1.